The van der Waals surface area contributed by atoms with Gasteiger partial charge >= 0.3 is 11.9 Å². The molecule has 1 aliphatic carbocycles. The Labute approximate surface area is 397 Å². The van der Waals surface area contributed by atoms with Crippen molar-refractivity contribution < 1.29 is 67.3 Å². The van der Waals surface area contributed by atoms with E-state index in [9.17, 15) is 34.2 Å². The van der Waals surface area contributed by atoms with E-state index < -0.39 is 83.7 Å². The number of allylic oxidation sites excluding steroid dienone is 3. The first kappa shape index (κ1) is 54.1. The summed E-state index contributed by atoms with van der Waals surface area (Å²) in [4.78, 5) is 70.9. The Kier molecular flexibility index (Phi) is 20.3. The molecule has 0 radical (unpaired) electrons. The van der Waals surface area contributed by atoms with Crippen LogP contribution in [-0.4, -0.2) is 134 Å². The van der Waals surface area contributed by atoms with Gasteiger partial charge in [-0.2, -0.15) is 0 Å². The Morgan fingerprint density at radius 1 is 0.896 bits per heavy atom. The van der Waals surface area contributed by atoms with Crippen LogP contribution in [0.1, 0.15) is 118 Å². The molecule has 4 aliphatic rings. The van der Waals surface area contributed by atoms with Crippen molar-refractivity contribution in [3.63, 3.8) is 0 Å². The van der Waals surface area contributed by atoms with Gasteiger partial charge in [-0.25, -0.2) is 9.59 Å². The van der Waals surface area contributed by atoms with Crippen LogP contribution in [0.4, 0.5) is 0 Å². The highest BCUT2D eigenvalue weighted by Crippen LogP contribution is 2.39. The van der Waals surface area contributed by atoms with Crippen molar-refractivity contribution in [2.45, 2.75) is 173 Å². The van der Waals surface area contributed by atoms with Gasteiger partial charge in [0, 0.05) is 52.0 Å². The third-order valence-electron chi connectivity index (χ3n) is 14.5. The van der Waals surface area contributed by atoms with Crippen molar-refractivity contribution in [2.24, 2.45) is 29.6 Å². The molecule has 67 heavy (non-hydrogen) atoms. The minimum atomic E-state index is -2.53. The van der Waals surface area contributed by atoms with Gasteiger partial charge in [-0.3, -0.25) is 14.4 Å². The van der Waals surface area contributed by atoms with Crippen molar-refractivity contribution in [3.8, 4) is 0 Å². The van der Waals surface area contributed by atoms with E-state index in [1.165, 1.54) is 19.1 Å². The summed E-state index contributed by atoms with van der Waals surface area (Å²) in [5.41, 5.74) is 2.49. The van der Waals surface area contributed by atoms with Crippen LogP contribution in [0.25, 0.3) is 0 Å². The van der Waals surface area contributed by atoms with E-state index >= 15 is 0 Å². The molecule has 1 aromatic carbocycles. The zero-order valence-electron chi connectivity index (χ0n) is 41.2. The van der Waals surface area contributed by atoms with Crippen LogP contribution in [-0.2, 0) is 63.7 Å². The summed E-state index contributed by atoms with van der Waals surface area (Å²) in [5, 5.41) is 23.9. The number of hydrogen-bond donors (Lipinski definition) is 2. The van der Waals surface area contributed by atoms with Crippen LogP contribution in [0.3, 0.4) is 0 Å². The molecule has 3 fully saturated rings. The van der Waals surface area contributed by atoms with Gasteiger partial charge in [0.2, 0.25) is 5.79 Å². The number of aliphatic hydroxyl groups excluding tert-OH is 1. The standard InChI is InChI=1S/C52H77NO14/c1-10-38-23-31(2)22-32(3)24-44(62-8)48-45(63-9)26-34(5)52(60,67-48)49(57)50(58)53-21-15-14-18-39(53)51(59)66-47(35(6)40(54)28-41(38)55)33(4)25-37-19-20-42(43(27-37)61-7)64-30-46(56)65-29-36-16-12-11-13-17-36/h11-13,16-17,23,25,32,34-35,37-40,42-45,47-48,54,60H,10,14-15,18-22,24,26-30H2,1-9H3/b31-23+,33-25+/t32-,34+,35+,37-,38+,39-,40-,42+,43+,44?,45-,47+,48+,52+/m0/s1. The predicted octanol–water partition coefficient (Wildman–Crippen LogP) is 6.24. The number of ether oxygens (including phenoxy) is 7. The largest absolute Gasteiger partial charge is 0.459 e. The summed E-state index contributed by atoms with van der Waals surface area (Å²) in [5.74, 6) is -8.25. The van der Waals surface area contributed by atoms with Crippen molar-refractivity contribution in [3.05, 3.63) is 59.2 Å². The zero-order valence-corrected chi connectivity index (χ0v) is 41.2. The summed E-state index contributed by atoms with van der Waals surface area (Å²) < 4.78 is 41.7. The number of methoxy groups -OCH3 is 3. The monoisotopic (exact) mass is 940 g/mol. The van der Waals surface area contributed by atoms with Crippen molar-refractivity contribution in [2.75, 3.05) is 34.5 Å². The van der Waals surface area contributed by atoms with Gasteiger partial charge in [0.1, 0.15) is 37.2 Å². The number of fused-ring (bicyclic) bond motifs is 3. The smallest absolute Gasteiger partial charge is 0.332 e. The number of amides is 1. The fourth-order valence-electron chi connectivity index (χ4n) is 10.5. The van der Waals surface area contributed by atoms with E-state index in [0.717, 1.165) is 11.1 Å². The molecule has 2 bridgehead atoms. The van der Waals surface area contributed by atoms with E-state index in [1.807, 2.05) is 70.2 Å². The van der Waals surface area contributed by atoms with Crippen LogP contribution >= 0.6 is 0 Å². The maximum atomic E-state index is 14.5. The van der Waals surface area contributed by atoms with E-state index in [1.54, 1.807) is 21.0 Å². The third-order valence-corrected chi connectivity index (χ3v) is 14.5. The Balaban J connectivity index is 1.42. The minimum Gasteiger partial charge on any atom is -0.459 e. The molecule has 1 unspecified atom stereocenters. The molecule has 5 rings (SSSR count). The van der Waals surface area contributed by atoms with E-state index in [4.69, 9.17) is 33.2 Å². The van der Waals surface area contributed by atoms with E-state index in [0.29, 0.717) is 56.9 Å². The molecule has 2 N–H and O–H groups in total. The molecular weight excluding hydrogens is 863 g/mol. The number of carbonyl (C=O) groups excluding carboxylic acids is 5. The molecular formula is C52H77NO14. The van der Waals surface area contributed by atoms with Gasteiger partial charge in [-0.05, 0) is 101 Å². The molecule has 0 aromatic heterocycles. The maximum absolute atomic E-state index is 14.5. The second kappa shape index (κ2) is 25.2. The summed E-state index contributed by atoms with van der Waals surface area (Å²) in [6.45, 7) is 11.1. The van der Waals surface area contributed by atoms with Gasteiger partial charge in [-0.1, -0.05) is 75.8 Å². The molecule has 1 saturated carbocycles. The SMILES string of the molecule is CC[C@@H]1/C=C(\C)C[C@H](C)CC(OC)[C@H]2O[C@@](O)(C(=O)C(=O)N3CCCC[C@H]3C(=O)O[C@H](/C(C)=C/[C@@H]3CC[C@@H](OCC(=O)OCc4ccccc4)[C@H](OC)C3)[C@H](C)[C@@H](O)CC1=O)[C@H](C)C[C@@H]2OC. The first-order valence-electron chi connectivity index (χ1n) is 24.4. The van der Waals surface area contributed by atoms with Gasteiger partial charge in [-0.15, -0.1) is 0 Å². The fraction of sp³-hybridized carbons (Fsp3) is 0.712. The number of ketones is 2. The zero-order chi connectivity index (χ0) is 49.0. The molecule has 15 heteroatoms. The van der Waals surface area contributed by atoms with Gasteiger partial charge in [0.15, 0.2) is 0 Å². The van der Waals surface area contributed by atoms with E-state index in [-0.39, 0.29) is 68.8 Å². The number of aliphatic hydroxyl groups is 2. The Bertz CT molecular complexity index is 1890. The summed E-state index contributed by atoms with van der Waals surface area (Å²) in [7, 11) is 4.65. The summed E-state index contributed by atoms with van der Waals surface area (Å²) >= 11 is 0. The molecule has 374 valence electrons. The molecule has 2 saturated heterocycles. The first-order valence-corrected chi connectivity index (χ1v) is 24.4. The second-order valence-electron chi connectivity index (χ2n) is 19.6. The van der Waals surface area contributed by atoms with E-state index in [2.05, 4.69) is 0 Å². The topological polar surface area (TPSA) is 194 Å². The fourth-order valence-corrected chi connectivity index (χ4v) is 10.5. The number of Topliss-reactive ketones (excluding diaryl/α,β-unsaturated/α-hetero) is 2. The normalized spacial score (nSPS) is 36.5. The number of piperidine rings is 1. The third kappa shape index (κ3) is 13.9. The first-order chi connectivity index (χ1) is 31.9. The van der Waals surface area contributed by atoms with Crippen molar-refractivity contribution in [1.29, 1.82) is 0 Å². The van der Waals surface area contributed by atoms with Crippen LogP contribution in [0.5, 0.6) is 0 Å². The average molecular weight is 940 g/mol. The molecule has 3 aliphatic heterocycles. The van der Waals surface area contributed by atoms with Crippen molar-refractivity contribution in [1.82, 2.24) is 4.90 Å². The lowest BCUT2D eigenvalue weighted by Gasteiger charge is -2.47. The lowest BCUT2D eigenvalue weighted by molar-refractivity contribution is -0.302. The highest BCUT2D eigenvalue weighted by atomic mass is 16.7. The van der Waals surface area contributed by atoms with Gasteiger partial charge < -0.3 is 48.3 Å². The Morgan fingerprint density at radius 3 is 2.25 bits per heavy atom. The lowest BCUT2D eigenvalue weighted by atomic mass is 9.81. The number of rotatable bonds is 11. The molecule has 1 aromatic rings. The average Bonchev–Trinajstić information content (AvgIpc) is 3.32. The number of esters is 2. The summed E-state index contributed by atoms with van der Waals surface area (Å²) in [6, 6.07) is 8.23. The molecule has 0 spiro atoms. The number of nitrogens with zero attached hydrogens (tertiary/aromatic N) is 1. The van der Waals surface area contributed by atoms with Crippen LogP contribution in [0.15, 0.2) is 53.6 Å². The second-order valence-corrected chi connectivity index (χ2v) is 19.6. The highest BCUT2D eigenvalue weighted by Gasteiger charge is 2.56. The Morgan fingerprint density at radius 2 is 1.58 bits per heavy atom. The minimum absolute atomic E-state index is 0.0166. The van der Waals surface area contributed by atoms with Crippen molar-refractivity contribution >= 4 is 29.4 Å². The molecule has 15 nitrogen and oxygen atoms in total. The number of benzene rings is 1. The lowest BCUT2D eigenvalue weighted by Crippen LogP contribution is -2.64. The number of carbonyl (C=O) groups is 5. The van der Waals surface area contributed by atoms with Crippen LogP contribution in [0.2, 0.25) is 0 Å². The predicted molar refractivity (Wildman–Crippen MR) is 248 cm³/mol. The van der Waals surface area contributed by atoms with Gasteiger partial charge in [0.05, 0.1) is 30.5 Å². The quantitative estimate of drug-likeness (QED) is 0.144. The number of hydrogen-bond acceptors (Lipinski definition) is 14. The summed E-state index contributed by atoms with van der Waals surface area (Å²) in [6.07, 6.45) is 3.62. The number of cyclic esters (lactones) is 1. The van der Waals surface area contributed by atoms with Crippen LogP contribution in [0, 0.1) is 29.6 Å². The highest BCUT2D eigenvalue weighted by molar-refractivity contribution is 6.39. The Hall–Kier alpha value is -3.83. The molecule has 14 atom stereocenters. The van der Waals surface area contributed by atoms with Crippen LogP contribution < -0.4 is 0 Å². The van der Waals surface area contributed by atoms with Gasteiger partial charge in [0.25, 0.3) is 11.7 Å². The molecule has 3 heterocycles. The molecule has 1 amide bonds. The maximum Gasteiger partial charge on any atom is 0.332 e.